The second kappa shape index (κ2) is 8.13. The van der Waals surface area contributed by atoms with Crippen molar-refractivity contribution in [1.82, 2.24) is 15.2 Å². The Bertz CT molecular complexity index is 786. The molecular formula is C17H20N6OS2. The summed E-state index contributed by atoms with van der Waals surface area (Å²) in [5, 5.41) is 13.6. The zero-order valence-corrected chi connectivity index (χ0v) is 15.9. The van der Waals surface area contributed by atoms with E-state index in [0.29, 0.717) is 10.9 Å². The fraction of sp³-hybridized carbons (Fsp3) is 0.471. The summed E-state index contributed by atoms with van der Waals surface area (Å²) < 4.78 is 0. The van der Waals surface area contributed by atoms with E-state index in [1.165, 1.54) is 37.0 Å². The normalized spacial score (nSPS) is 20.5. The van der Waals surface area contributed by atoms with Crippen LogP contribution in [0.1, 0.15) is 31.2 Å². The van der Waals surface area contributed by atoms with Gasteiger partial charge in [0, 0.05) is 36.8 Å². The van der Waals surface area contributed by atoms with E-state index in [1.54, 1.807) is 24.2 Å². The number of anilines is 2. The summed E-state index contributed by atoms with van der Waals surface area (Å²) in [6, 6.07) is 3.42. The van der Waals surface area contributed by atoms with Crippen LogP contribution in [-0.2, 0) is 4.79 Å². The maximum absolute atomic E-state index is 12.5. The minimum atomic E-state index is -0.395. The number of hydrogen-bond acceptors (Lipinski definition) is 8. The third-order valence-corrected chi connectivity index (χ3v) is 6.40. The van der Waals surface area contributed by atoms with Crippen LogP contribution in [0.25, 0.3) is 0 Å². The van der Waals surface area contributed by atoms with Crippen LogP contribution in [0.15, 0.2) is 29.5 Å². The molecule has 0 bridgehead atoms. The summed E-state index contributed by atoms with van der Waals surface area (Å²) in [4.78, 5) is 23.3. The number of amides is 1. The van der Waals surface area contributed by atoms with Gasteiger partial charge in [-0.2, -0.15) is 0 Å². The number of carbonyl (C=O) groups excluding carboxylic acids is 1. The van der Waals surface area contributed by atoms with Crippen LogP contribution in [0.5, 0.6) is 0 Å². The molecule has 1 amide bonds. The molecule has 2 aromatic heterocycles. The maximum atomic E-state index is 12.5. The van der Waals surface area contributed by atoms with Crippen LogP contribution in [-0.4, -0.2) is 51.0 Å². The molecule has 1 atom stereocenters. The molecule has 2 aromatic rings. The van der Waals surface area contributed by atoms with Gasteiger partial charge in [-0.15, -0.1) is 22.0 Å². The standard InChI is InChI=1S/C17H20N6OS2/c24-14(13-11-25-15(19-13)12-5-7-18-8-6-12)20-16-21-22-17(26-16)23-9-3-1-2-4-10-23/h5-8,13H,1-4,9-11H2,(H,20,21,24). The first-order valence-corrected chi connectivity index (χ1v) is 10.6. The summed E-state index contributed by atoms with van der Waals surface area (Å²) in [6.07, 6.45) is 8.39. The Morgan fingerprint density at radius 2 is 1.88 bits per heavy atom. The van der Waals surface area contributed by atoms with Gasteiger partial charge in [0.1, 0.15) is 6.04 Å². The van der Waals surface area contributed by atoms with Gasteiger partial charge in [-0.1, -0.05) is 24.2 Å². The van der Waals surface area contributed by atoms with Crippen LogP contribution in [0.4, 0.5) is 10.3 Å². The molecule has 0 saturated carbocycles. The SMILES string of the molecule is O=C(Nc1nnc(N2CCCCCC2)s1)C1CSC(c2ccncc2)=N1. The van der Waals surface area contributed by atoms with Gasteiger partial charge in [0.15, 0.2) is 0 Å². The Hall–Kier alpha value is -2.00. The smallest absolute Gasteiger partial charge is 0.251 e. The molecule has 7 nitrogen and oxygen atoms in total. The average molecular weight is 389 g/mol. The number of aromatic nitrogens is 3. The molecule has 0 aliphatic carbocycles. The van der Waals surface area contributed by atoms with Gasteiger partial charge in [0.05, 0.1) is 5.04 Å². The number of nitrogens with zero attached hydrogens (tertiary/aromatic N) is 5. The molecule has 1 saturated heterocycles. The third kappa shape index (κ3) is 4.04. The van der Waals surface area contributed by atoms with Crippen LogP contribution in [0.2, 0.25) is 0 Å². The van der Waals surface area contributed by atoms with Crippen molar-refractivity contribution in [3.63, 3.8) is 0 Å². The van der Waals surface area contributed by atoms with E-state index in [4.69, 9.17) is 0 Å². The quantitative estimate of drug-likeness (QED) is 0.867. The average Bonchev–Trinajstić information content (AvgIpc) is 3.26. The number of hydrogen-bond donors (Lipinski definition) is 1. The molecule has 4 rings (SSSR count). The minimum absolute atomic E-state index is 0.125. The highest BCUT2D eigenvalue weighted by atomic mass is 32.2. The number of pyridine rings is 1. The first-order chi connectivity index (χ1) is 12.8. The summed E-state index contributed by atoms with van der Waals surface area (Å²) >= 11 is 3.03. The fourth-order valence-electron chi connectivity index (χ4n) is 3.01. The Morgan fingerprint density at radius 3 is 2.65 bits per heavy atom. The second-order valence-electron chi connectivity index (χ2n) is 6.28. The van der Waals surface area contributed by atoms with Gasteiger partial charge in [-0.3, -0.25) is 20.1 Å². The lowest BCUT2D eigenvalue weighted by Crippen LogP contribution is -2.26. The molecule has 1 unspecified atom stereocenters. The van der Waals surface area contributed by atoms with Gasteiger partial charge >= 0.3 is 0 Å². The van der Waals surface area contributed by atoms with Crippen molar-refractivity contribution in [2.45, 2.75) is 31.7 Å². The number of thioether (sulfide) groups is 1. The number of rotatable bonds is 4. The molecule has 2 aliphatic rings. The van der Waals surface area contributed by atoms with Crippen LogP contribution >= 0.6 is 23.1 Å². The lowest BCUT2D eigenvalue weighted by Gasteiger charge is -2.17. The van der Waals surface area contributed by atoms with Crippen molar-refractivity contribution in [1.29, 1.82) is 0 Å². The van der Waals surface area contributed by atoms with E-state index in [-0.39, 0.29) is 5.91 Å². The summed E-state index contributed by atoms with van der Waals surface area (Å²) in [7, 11) is 0. The molecule has 136 valence electrons. The van der Waals surface area contributed by atoms with Gasteiger partial charge in [0.25, 0.3) is 5.91 Å². The van der Waals surface area contributed by atoms with Crippen LogP contribution in [0, 0.1) is 0 Å². The fourth-order valence-corrected chi connectivity index (χ4v) is 4.85. The highest BCUT2D eigenvalue weighted by Gasteiger charge is 2.27. The van der Waals surface area contributed by atoms with Crippen molar-refractivity contribution in [2.24, 2.45) is 4.99 Å². The van der Waals surface area contributed by atoms with Crippen LogP contribution < -0.4 is 10.2 Å². The first kappa shape index (κ1) is 17.4. The Balaban J connectivity index is 1.39. The lowest BCUT2D eigenvalue weighted by molar-refractivity contribution is -0.116. The van der Waals surface area contributed by atoms with Gasteiger partial charge in [-0.05, 0) is 25.0 Å². The van der Waals surface area contributed by atoms with Crippen molar-refractivity contribution in [3.05, 3.63) is 30.1 Å². The molecule has 26 heavy (non-hydrogen) atoms. The largest absolute Gasteiger partial charge is 0.347 e. The molecule has 4 heterocycles. The van der Waals surface area contributed by atoms with E-state index < -0.39 is 6.04 Å². The third-order valence-electron chi connectivity index (χ3n) is 4.40. The first-order valence-electron chi connectivity index (χ1n) is 8.80. The molecule has 1 N–H and O–H groups in total. The van der Waals surface area contributed by atoms with Gasteiger partial charge in [0.2, 0.25) is 10.3 Å². The van der Waals surface area contributed by atoms with E-state index >= 15 is 0 Å². The Morgan fingerprint density at radius 1 is 1.12 bits per heavy atom. The molecule has 0 aromatic carbocycles. The molecule has 9 heteroatoms. The highest BCUT2D eigenvalue weighted by molar-refractivity contribution is 8.14. The zero-order valence-electron chi connectivity index (χ0n) is 14.3. The second-order valence-corrected chi connectivity index (χ2v) is 8.24. The highest BCUT2D eigenvalue weighted by Crippen LogP contribution is 2.28. The molecule has 0 radical (unpaired) electrons. The summed E-state index contributed by atoms with van der Waals surface area (Å²) in [6.45, 7) is 2.03. The minimum Gasteiger partial charge on any atom is -0.347 e. The van der Waals surface area contributed by atoms with Crippen molar-refractivity contribution < 1.29 is 4.79 Å². The molecular weight excluding hydrogens is 368 g/mol. The predicted octanol–water partition coefficient (Wildman–Crippen LogP) is 2.81. The van der Waals surface area contributed by atoms with E-state index in [0.717, 1.165) is 28.8 Å². The lowest BCUT2D eigenvalue weighted by atomic mass is 10.2. The van der Waals surface area contributed by atoms with E-state index in [2.05, 4.69) is 30.4 Å². The molecule has 1 fully saturated rings. The monoisotopic (exact) mass is 388 g/mol. The van der Waals surface area contributed by atoms with Gasteiger partial charge in [-0.25, -0.2) is 0 Å². The molecule has 2 aliphatic heterocycles. The predicted molar refractivity (Wildman–Crippen MR) is 106 cm³/mol. The van der Waals surface area contributed by atoms with E-state index in [9.17, 15) is 4.79 Å². The Kier molecular flexibility index (Phi) is 5.45. The van der Waals surface area contributed by atoms with Gasteiger partial charge < -0.3 is 4.90 Å². The maximum Gasteiger partial charge on any atom is 0.251 e. The van der Waals surface area contributed by atoms with Crippen molar-refractivity contribution in [2.75, 3.05) is 29.1 Å². The van der Waals surface area contributed by atoms with Crippen molar-refractivity contribution in [3.8, 4) is 0 Å². The number of carbonyl (C=O) groups is 1. The summed E-state index contributed by atoms with van der Waals surface area (Å²) in [5.41, 5.74) is 1.000. The van der Waals surface area contributed by atoms with E-state index in [1.807, 2.05) is 12.1 Å². The zero-order chi connectivity index (χ0) is 17.8. The summed E-state index contributed by atoms with van der Waals surface area (Å²) in [5.74, 6) is 0.515. The number of aliphatic imine (C=N–C) groups is 1. The number of nitrogens with one attached hydrogen (secondary N) is 1. The Labute approximate surface area is 160 Å². The van der Waals surface area contributed by atoms with Crippen LogP contribution in [0.3, 0.4) is 0 Å². The van der Waals surface area contributed by atoms with Crippen molar-refractivity contribution >= 4 is 44.3 Å². The molecule has 0 spiro atoms. The topological polar surface area (TPSA) is 83.4 Å².